The maximum atomic E-state index is 11.8. The number of amides is 1. The Hall–Kier alpha value is -2.79. The topological polar surface area (TPSA) is 138 Å². The van der Waals surface area contributed by atoms with Gasteiger partial charge in [-0.25, -0.2) is 9.67 Å². The second-order valence-corrected chi connectivity index (χ2v) is 9.58. The first-order valence-electron chi connectivity index (χ1n) is 10.9. The number of piperidine rings is 1. The number of pyridine rings is 1. The highest BCUT2D eigenvalue weighted by atomic mass is 32.1. The lowest BCUT2D eigenvalue weighted by Gasteiger charge is -2.35. The van der Waals surface area contributed by atoms with Gasteiger partial charge in [0.25, 0.3) is 5.91 Å². The Balaban J connectivity index is 1.42. The molecule has 0 saturated carbocycles. The molecular weight excluding hydrogens is 428 g/mol. The van der Waals surface area contributed by atoms with Gasteiger partial charge in [0.15, 0.2) is 5.82 Å². The molecule has 10 nitrogen and oxygen atoms in total. The van der Waals surface area contributed by atoms with Crippen LogP contribution in [0.4, 0.5) is 11.4 Å². The summed E-state index contributed by atoms with van der Waals surface area (Å²) in [6.07, 6.45) is 2.86. The zero-order valence-corrected chi connectivity index (χ0v) is 19.6. The average Bonchev–Trinajstić information content (AvgIpc) is 3.35. The van der Waals surface area contributed by atoms with Gasteiger partial charge in [0.2, 0.25) is 0 Å². The van der Waals surface area contributed by atoms with Crippen LogP contribution in [0.3, 0.4) is 0 Å². The summed E-state index contributed by atoms with van der Waals surface area (Å²) in [6.45, 7) is 9.13. The second-order valence-electron chi connectivity index (χ2n) is 8.58. The first-order chi connectivity index (χ1) is 15.3. The number of carbonyl (C=O) groups is 1. The van der Waals surface area contributed by atoms with Gasteiger partial charge < -0.3 is 21.1 Å². The molecule has 3 aromatic rings. The van der Waals surface area contributed by atoms with E-state index >= 15 is 0 Å². The quantitative estimate of drug-likeness (QED) is 0.491. The van der Waals surface area contributed by atoms with Gasteiger partial charge in [0, 0.05) is 25.2 Å². The minimum absolute atomic E-state index is 0.229. The fourth-order valence-electron chi connectivity index (χ4n) is 4.26. The van der Waals surface area contributed by atoms with Crippen LogP contribution in [-0.2, 0) is 11.2 Å². The summed E-state index contributed by atoms with van der Waals surface area (Å²) in [4.78, 5) is 19.8. The lowest BCUT2D eigenvalue weighted by Crippen LogP contribution is -2.37. The van der Waals surface area contributed by atoms with E-state index in [1.807, 2.05) is 17.7 Å². The highest BCUT2D eigenvalue weighted by Crippen LogP contribution is 2.40. The number of hydrogen-bond donors (Lipinski definition) is 2. The standard InChI is InChI=1S/C21H30N8O2S/c1-12(2)29-16(25-26-27-29)6-8-31-11-14-5-4-7-28(10-14)15-9-13(3)24-21-17(15)18(22)19(32-21)20(23)30/h9,12,14H,4-8,10-11,22H2,1-3H3,(H2,23,30)/t14-/m0/s1. The monoisotopic (exact) mass is 458 g/mol. The number of rotatable bonds is 8. The molecule has 172 valence electrons. The van der Waals surface area contributed by atoms with E-state index in [-0.39, 0.29) is 6.04 Å². The summed E-state index contributed by atoms with van der Waals surface area (Å²) < 4.78 is 7.83. The largest absolute Gasteiger partial charge is 0.397 e. The van der Waals surface area contributed by atoms with Crippen LogP contribution in [0.5, 0.6) is 0 Å². The molecular formula is C21H30N8O2S. The fourth-order valence-corrected chi connectivity index (χ4v) is 5.28. The summed E-state index contributed by atoms with van der Waals surface area (Å²) in [6, 6.07) is 2.28. The van der Waals surface area contributed by atoms with Crippen molar-refractivity contribution >= 4 is 38.8 Å². The molecule has 1 atom stereocenters. The van der Waals surface area contributed by atoms with Gasteiger partial charge in [-0.2, -0.15) is 0 Å². The SMILES string of the molecule is Cc1cc(N2CCC[C@H](COCCc3nnnn3C(C)C)C2)c2c(N)c(C(N)=O)sc2n1. The van der Waals surface area contributed by atoms with Gasteiger partial charge in [-0.15, -0.1) is 16.4 Å². The van der Waals surface area contributed by atoms with Crippen LogP contribution in [0.25, 0.3) is 10.2 Å². The van der Waals surface area contributed by atoms with Crippen molar-refractivity contribution in [1.82, 2.24) is 25.2 Å². The molecule has 0 bridgehead atoms. The average molecular weight is 459 g/mol. The molecule has 0 aromatic carbocycles. The Morgan fingerprint density at radius 3 is 2.97 bits per heavy atom. The number of hydrogen-bond acceptors (Lipinski definition) is 9. The highest BCUT2D eigenvalue weighted by Gasteiger charge is 2.25. The molecule has 32 heavy (non-hydrogen) atoms. The van der Waals surface area contributed by atoms with Gasteiger partial charge in [-0.3, -0.25) is 4.79 Å². The van der Waals surface area contributed by atoms with Crippen molar-refractivity contribution in [2.75, 3.05) is 36.9 Å². The van der Waals surface area contributed by atoms with E-state index in [0.717, 1.165) is 53.4 Å². The first-order valence-corrected chi connectivity index (χ1v) is 11.8. The normalized spacial score (nSPS) is 16.9. The third kappa shape index (κ3) is 4.53. The molecule has 1 fully saturated rings. The number of fused-ring (bicyclic) bond motifs is 1. The van der Waals surface area contributed by atoms with Crippen molar-refractivity contribution in [2.24, 2.45) is 11.7 Å². The van der Waals surface area contributed by atoms with E-state index in [2.05, 4.69) is 39.3 Å². The Kier molecular flexibility index (Phi) is 6.56. The molecule has 1 amide bonds. The van der Waals surface area contributed by atoms with Crippen LogP contribution in [0.2, 0.25) is 0 Å². The number of aromatic nitrogens is 5. The number of nitrogens with zero attached hydrogens (tertiary/aromatic N) is 6. The van der Waals surface area contributed by atoms with Crippen LogP contribution < -0.4 is 16.4 Å². The molecule has 1 aliphatic rings. The first kappa shape index (κ1) is 22.4. The van der Waals surface area contributed by atoms with Crippen molar-refractivity contribution in [3.8, 4) is 0 Å². The van der Waals surface area contributed by atoms with E-state index < -0.39 is 5.91 Å². The number of aryl methyl sites for hydroxylation is 1. The van der Waals surface area contributed by atoms with Crippen LogP contribution in [0, 0.1) is 12.8 Å². The summed E-state index contributed by atoms with van der Waals surface area (Å²) in [5.41, 5.74) is 14.2. The van der Waals surface area contributed by atoms with Crippen LogP contribution in [0.15, 0.2) is 6.07 Å². The Bertz CT molecular complexity index is 1110. The van der Waals surface area contributed by atoms with Crippen LogP contribution in [0.1, 0.15) is 53.9 Å². The summed E-state index contributed by atoms with van der Waals surface area (Å²) in [7, 11) is 0. The van der Waals surface area contributed by atoms with Crippen molar-refractivity contribution in [3.05, 3.63) is 22.5 Å². The van der Waals surface area contributed by atoms with Gasteiger partial charge in [-0.1, -0.05) is 0 Å². The number of tetrazole rings is 1. The molecule has 4 rings (SSSR count). The predicted octanol–water partition coefficient (Wildman–Crippen LogP) is 2.33. The van der Waals surface area contributed by atoms with E-state index in [9.17, 15) is 4.79 Å². The molecule has 1 aliphatic heterocycles. The maximum absolute atomic E-state index is 11.8. The number of anilines is 2. The zero-order chi connectivity index (χ0) is 22.8. The molecule has 3 aromatic heterocycles. The number of primary amides is 1. The van der Waals surface area contributed by atoms with E-state index in [1.165, 1.54) is 11.3 Å². The van der Waals surface area contributed by atoms with Crippen molar-refractivity contribution in [1.29, 1.82) is 0 Å². The Morgan fingerprint density at radius 2 is 2.22 bits per heavy atom. The minimum Gasteiger partial charge on any atom is -0.397 e. The number of nitrogens with two attached hydrogens (primary N) is 2. The predicted molar refractivity (Wildman–Crippen MR) is 125 cm³/mol. The molecule has 0 unspecified atom stereocenters. The second kappa shape index (κ2) is 9.37. The van der Waals surface area contributed by atoms with Gasteiger partial charge in [0.05, 0.1) is 36.0 Å². The minimum atomic E-state index is -0.512. The van der Waals surface area contributed by atoms with E-state index in [0.29, 0.717) is 36.1 Å². The third-order valence-electron chi connectivity index (χ3n) is 5.76. The summed E-state index contributed by atoms with van der Waals surface area (Å²) in [5, 5.41) is 12.7. The molecule has 0 spiro atoms. The Labute approximate surface area is 190 Å². The fraction of sp³-hybridized carbons (Fsp3) is 0.571. The van der Waals surface area contributed by atoms with Crippen LogP contribution in [-0.4, -0.2) is 57.4 Å². The lowest BCUT2D eigenvalue weighted by atomic mass is 9.98. The van der Waals surface area contributed by atoms with E-state index in [1.54, 1.807) is 0 Å². The Morgan fingerprint density at radius 1 is 1.41 bits per heavy atom. The highest BCUT2D eigenvalue weighted by molar-refractivity contribution is 7.21. The van der Waals surface area contributed by atoms with E-state index in [4.69, 9.17) is 16.2 Å². The molecule has 4 heterocycles. The van der Waals surface area contributed by atoms with Crippen molar-refractivity contribution in [3.63, 3.8) is 0 Å². The molecule has 0 radical (unpaired) electrons. The maximum Gasteiger partial charge on any atom is 0.260 e. The van der Waals surface area contributed by atoms with Gasteiger partial charge in [0.1, 0.15) is 9.71 Å². The zero-order valence-electron chi connectivity index (χ0n) is 18.7. The molecule has 11 heteroatoms. The molecule has 1 saturated heterocycles. The summed E-state index contributed by atoms with van der Waals surface area (Å²) >= 11 is 1.26. The van der Waals surface area contributed by atoms with Gasteiger partial charge >= 0.3 is 0 Å². The number of nitrogen functional groups attached to an aromatic ring is 1. The molecule has 4 N–H and O–H groups in total. The van der Waals surface area contributed by atoms with Gasteiger partial charge in [-0.05, 0) is 56.0 Å². The smallest absolute Gasteiger partial charge is 0.260 e. The number of thiophene rings is 1. The molecule has 0 aliphatic carbocycles. The third-order valence-corrected chi connectivity index (χ3v) is 6.88. The number of ether oxygens (including phenoxy) is 1. The lowest BCUT2D eigenvalue weighted by molar-refractivity contribution is 0.0942. The van der Waals surface area contributed by atoms with Crippen molar-refractivity contribution < 1.29 is 9.53 Å². The van der Waals surface area contributed by atoms with Crippen LogP contribution >= 0.6 is 11.3 Å². The number of carbonyl (C=O) groups excluding carboxylic acids is 1. The van der Waals surface area contributed by atoms with Crippen molar-refractivity contribution in [2.45, 2.75) is 46.1 Å². The summed E-state index contributed by atoms with van der Waals surface area (Å²) in [5.74, 6) is 0.740.